The Hall–Kier alpha value is -2.69. The van der Waals surface area contributed by atoms with Crippen molar-refractivity contribution >= 4 is 17.6 Å². The second kappa shape index (κ2) is 9.66. The normalized spacial score (nSPS) is 23.8. The summed E-state index contributed by atoms with van der Waals surface area (Å²) in [5.74, 6) is -0.0358. The average Bonchev–Trinajstić information content (AvgIpc) is 3.46. The van der Waals surface area contributed by atoms with Crippen LogP contribution in [0, 0.1) is 0 Å². The van der Waals surface area contributed by atoms with Gasteiger partial charge in [0.2, 0.25) is 5.95 Å². The lowest BCUT2D eigenvalue weighted by molar-refractivity contribution is -0.137. The summed E-state index contributed by atoms with van der Waals surface area (Å²) in [6.07, 6.45) is -1.01. The van der Waals surface area contributed by atoms with Crippen molar-refractivity contribution in [1.29, 1.82) is 0 Å². The number of alkyl halides is 3. The van der Waals surface area contributed by atoms with Crippen molar-refractivity contribution in [3.63, 3.8) is 0 Å². The summed E-state index contributed by atoms with van der Waals surface area (Å²) in [5, 5.41) is 10.1. The van der Waals surface area contributed by atoms with E-state index in [1.807, 2.05) is 34.6 Å². The maximum absolute atomic E-state index is 13.4. The van der Waals surface area contributed by atoms with Crippen molar-refractivity contribution in [2.24, 2.45) is 0 Å². The number of rotatable bonds is 5. The van der Waals surface area contributed by atoms with E-state index in [0.29, 0.717) is 12.8 Å². The van der Waals surface area contributed by atoms with E-state index in [2.05, 4.69) is 25.7 Å². The van der Waals surface area contributed by atoms with E-state index in [-0.39, 0.29) is 41.4 Å². The summed E-state index contributed by atoms with van der Waals surface area (Å²) in [7, 11) is 0. The number of halogens is 3. The number of ether oxygens (including phenoxy) is 1. The summed E-state index contributed by atoms with van der Waals surface area (Å²) in [6, 6.07) is 2.70. The molecule has 1 saturated heterocycles. The lowest BCUT2D eigenvalue weighted by Crippen LogP contribution is -2.36. The van der Waals surface area contributed by atoms with Crippen LogP contribution in [0.4, 0.5) is 30.8 Å². The molecular formula is C22H31F3N6O2. The van der Waals surface area contributed by atoms with Crippen molar-refractivity contribution in [3.8, 4) is 0 Å². The number of nitrogens with zero attached hydrogens (tertiary/aromatic N) is 4. The van der Waals surface area contributed by atoms with E-state index < -0.39 is 17.3 Å². The third kappa shape index (κ3) is 6.21. The Kier molecular flexibility index (Phi) is 7.30. The molecule has 4 rings (SSSR count). The minimum atomic E-state index is -4.58. The average molecular weight is 469 g/mol. The fourth-order valence-electron chi connectivity index (χ4n) is 3.78. The highest BCUT2D eigenvalue weighted by molar-refractivity contribution is 5.55. The van der Waals surface area contributed by atoms with Crippen molar-refractivity contribution in [3.05, 3.63) is 34.2 Å². The smallest absolute Gasteiger partial charge is 0.375 e. The van der Waals surface area contributed by atoms with Gasteiger partial charge in [0, 0.05) is 17.8 Å². The van der Waals surface area contributed by atoms with Gasteiger partial charge >= 0.3 is 6.18 Å². The van der Waals surface area contributed by atoms with Crippen molar-refractivity contribution in [2.75, 3.05) is 10.6 Å². The Morgan fingerprint density at radius 3 is 2.36 bits per heavy atom. The molecule has 33 heavy (non-hydrogen) atoms. The van der Waals surface area contributed by atoms with Crippen LogP contribution < -0.4 is 16.2 Å². The molecule has 3 heterocycles. The van der Waals surface area contributed by atoms with E-state index in [1.165, 1.54) is 16.8 Å². The van der Waals surface area contributed by atoms with Gasteiger partial charge < -0.3 is 15.4 Å². The molecular weight excluding hydrogens is 437 g/mol. The molecule has 0 spiro atoms. The molecule has 1 saturated carbocycles. The lowest BCUT2D eigenvalue weighted by Gasteiger charge is -2.32. The molecule has 0 radical (unpaired) electrons. The highest BCUT2D eigenvalue weighted by atomic mass is 19.4. The molecule has 0 aromatic carbocycles. The first kappa shape index (κ1) is 24.9. The van der Waals surface area contributed by atoms with Crippen LogP contribution in [0.1, 0.15) is 71.9 Å². The summed E-state index contributed by atoms with van der Waals surface area (Å²) >= 11 is 0. The first-order valence-corrected chi connectivity index (χ1v) is 11.3. The van der Waals surface area contributed by atoms with Crippen molar-refractivity contribution < 1.29 is 17.9 Å². The van der Waals surface area contributed by atoms with Gasteiger partial charge in [-0.05, 0) is 52.5 Å². The van der Waals surface area contributed by atoms with Crippen LogP contribution >= 0.6 is 0 Å². The largest absolute Gasteiger partial charge is 0.421 e. The van der Waals surface area contributed by atoms with Crippen LogP contribution in [-0.2, 0) is 10.9 Å². The molecule has 11 heteroatoms. The molecule has 0 bridgehead atoms. The van der Waals surface area contributed by atoms with Gasteiger partial charge in [-0.3, -0.25) is 4.79 Å². The molecule has 0 amide bonds. The maximum Gasteiger partial charge on any atom is 0.421 e. The number of nitrogens with one attached hydrogen (secondary N) is 2. The van der Waals surface area contributed by atoms with Gasteiger partial charge in [0.15, 0.2) is 5.82 Å². The minimum Gasteiger partial charge on any atom is -0.375 e. The molecule has 1 aliphatic heterocycles. The number of anilines is 3. The van der Waals surface area contributed by atoms with Crippen LogP contribution in [0.15, 0.2) is 23.1 Å². The summed E-state index contributed by atoms with van der Waals surface area (Å²) in [6.45, 7) is 9.73. The molecule has 1 unspecified atom stereocenters. The molecule has 2 aromatic rings. The summed E-state index contributed by atoms with van der Waals surface area (Å²) in [4.78, 5) is 20.2. The Labute approximate surface area is 191 Å². The van der Waals surface area contributed by atoms with E-state index in [1.54, 1.807) is 0 Å². The SMILES string of the molecule is CC.C[C@@H]1CC(n2nc(Nc3ncc(C(F)(F)F)c(NC4(C)CC4)n3)ccc2=O)C[C@H](C)O1. The zero-order valence-corrected chi connectivity index (χ0v) is 19.5. The zero-order valence-electron chi connectivity index (χ0n) is 19.5. The molecule has 8 nitrogen and oxygen atoms in total. The van der Waals surface area contributed by atoms with Gasteiger partial charge in [-0.25, -0.2) is 9.67 Å². The predicted molar refractivity (Wildman–Crippen MR) is 120 cm³/mol. The fraction of sp³-hybridized carbons (Fsp3) is 0.636. The topological polar surface area (TPSA) is 94.0 Å². The third-order valence-corrected chi connectivity index (χ3v) is 5.60. The van der Waals surface area contributed by atoms with Gasteiger partial charge in [0.05, 0.1) is 18.2 Å². The Morgan fingerprint density at radius 1 is 1.15 bits per heavy atom. The van der Waals surface area contributed by atoms with Gasteiger partial charge in [-0.15, -0.1) is 0 Å². The van der Waals surface area contributed by atoms with Gasteiger partial charge in [-0.1, -0.05) is 13.8 Å². The molecule has 2 N–H and O–H groups in total. The standard InChI is InChI=1S/C20H25F3N6O2.C2H6/c1-11-8-13(9-12(2)31-11)29-16(30)5-4-15(28-29)25-18-24-10-14(20(21,22)23)17(26-18)27-19(3)6-7-19;1-2/h4-5,10-13H,6-9H2,1-3H3,(H2,24,25,26,27,28);1-2H3/t11-,12+,13?;. The van der Waals surface area contributed by atoms with Crippen LogP contribution in [0.3, 0.4) is 0 Å². The number of hydrogen-bond donors (Lipinski definition) is 2. The van der Waals surface area contributed by atoms with E-state index in [9.17, 15) is 18.0 Å². The number of aromatic nitrogens is 4. The van der Waals surface area contributed by atoms with Gasteiger partial charge in [0.25, 0.3) is 5.56 Å². The Morgan fingerprint density at radius 2 is 1.79 bits per heavy atom. The molecule has 1 aliphatic carbocycles. The monoisotopic (exact) mass is 468 g/mol. The molecule has 2 fully saturated rings. The summed E-state index contributed by atoms with van der Waals surface area (Å²) < 4.78 is 47.2. The second-order valence-electron chi connectivity index (χ2n) is 8.65. The first-order chi connectivity index (χ1) is 15.5. The van der Waals surface area contributed by atoms with E-state index in [0.717, 1.165) is 19.0 Å². The first-order valence-electron chi connectivity index (χ1n) is 11.3. The third-order valence-electron chi connectivity index (χ3n) is 5.60. The predicted octanol–water partition coefficient (Wildman–Crippen LogP) is 4.91. The number of hydrogen-bond acceptors (Lipinski definition) is 7. The Bertz CT molecular complexity index is 1010. The van der Waals surface area contributed by atoms with E-state index in [4.69, 9.17) is 4.74 Å². The highest BCUT2D eigenvalue weighted by Gasteiger charge is 2.42. The summed E-state index contributed by atoms with van der Waals surface area (Å²) in [5.41, 5.74) is -1.57. The molecule has 3 atom stereocenters. The fourth-order valence-corrected chi connectivity index (χ4v) is 3.78. The zero-order chi connectivity index (χ0) is 24.4. The van der Waals surface area contributed by atoms with Crippen LogP contribution in [0.2, 0.25) is 0 Å². The minimum absolute atomic E-state index is 0.00488. The van der Waals surface area contributed by atoms with E-state index >= 15 is 0 Å². The van der Waals surface area contributed by atoms with Gasteiger partial charge in [0.1, 0.15) is 11.4 Å². The maximum atomic E-state index is 13.4. The molecule has 2 aromatic heterocycles. The van der Waals surface area contributed by atoms with Crippen molar-refractivity contribution in [1.82, 2.24) is 19.7 Å². The van der Waals surface area contributed by atoms with Crippen LogP contribution in [0.5, 0.6) is 0 Å². The molecule has 2 aliphatic rings. The van der Waals surface area contributed by atoms with Gasteiger partial charge in [-0.2, -0.15) is 23.3 Å². The van der Waals surface area contributed by atoms with Crippen LogP contribution in [0.25, 0.3) is 0 Å². The Balaban J connectivity index is 0.00000149. The highest BCUT2D eigenvalue weighted by Crippen LogP contribution is 2.41. The van der Waals surface area contributed by atoms with Crippen LogP contribution in [-0.4, -0.2) is 37.5 Å². The quantitative estimate of drug-likeness (QED) is 0.644. The lowest BCUT2D eigenvalue weighted by atomic mass is 10.00. The molecule has 182 valence electrons. The van der Waals surface area contributed by atoms with Crippen molar-refractivity contribution in [2.45, 2.75) is 90.3 Å². The second-order valence-corrected chi connectivity index (χ2v) is 8.65.